The zero-order valence-corrected chi connectivity index (χ0v) is 9.80. The van der Waals surface area contributed by atoms with Crippen molar-refractivity contribution in [1.29, 1.82) is 0 Å². The molecule has 1 radical (unpaired) electrons. The van der Waals surface area contributed by atoms with E-state index < -0.39 is 0 Å². The summed E-state index contributed by atoms with van der Waals surface area (Å²) in [4.78, 5) is 14.7. The lowest BCUT2D eigenvalue weighted by atomic mass is 10.2. The molecule has 0 spiro atoms. The molecule has 0 aliphatic carbocycles. The van der Waals surface area contributed by atoms with Crippen molar-refractivity contribution < 1.29 is 10.1 Å². The smallest absolute Gasteiger partial charge is 0.241 e. The lowest BCUT2D eigenvalue weighted by molar-refractivity contribution is -0.729. The first kappa shape index (κ1) is 11.6. The predicted molar refractivity (Wildman–Crippen MR) is 68.2 cm³/mol. The Bertz CT molecular complexity index is 504. The molecule has 4 nitrogen and oxygen atoms in total. The van der Waals surface area contributed by atoms with Crippen LogP contribution in [0.2, 0.25) is 0 Å². The predicted octanol–water partition coefficient (Wildman–Crippen LogP) is 2.54. The first-order valence-corrected chi connectivity index (χ1v) is 6.03. The Balaban J connectivity index is 1.95. The number of hydrogen-bond acceptors (Lipinski definition) is 3. The van der Waals surface area contributed by atoms with Gasteiger partial charge >= 0.3 is 10.7 Å². The van der Waals surface area contributed by atoms with Crippen LogP contribution in [0.15, 0.2) is 47.5 Å². The third kappa shape index (κ3) is 3.29. The van der Waals surface area contributed by atoms with Crippen LogP contribution in [0.4, 0.5) is 5.69 Å². The quantitative estimate of drug-likeness (QED) is 0.832. The molecule has 0 amide bonds. The Kier molecular flexibility index (Phi) is 3.72. The standard InChI is InChI=1S/C12H11N2O2S/c15-14(16)11-6-4-10(5-7-11)9-17-12-3-1-2-8-13-12/h1-8H,9H2,(H,15,16)/q+2. The van der Waals surface area contributed by atoms with Crippen molar-refractivity contribution in [2.24, 2.45) is 0 Å². The molecule has 1 N–H and O–H groups in total. The van der Waals surface area contributed by atoms with Gasteiger partial charge in [0.25, 0.3) is 4.92 Å². The van der Waals surface area contributed by atoms with Gasteiger partial charge < -0.3 is 0 Å². The second-order valence-electron chi connectivity index (χ2n) is 3.40. The molecule has 1 aromatic carbocycles. The summed E-state index contributed by atoms with van der Waals surface area (Å²) < 4.78 is 0. The van der Waals surface area contributed by atoms with Gasteiger partial charge in [0.1, 0.15) is 0 Å². The second-order valence-corrected chi connectivity index (χ2v) is 4.39. The SMILES string of the molecule is O=[N+](O)c1ccc(CSC2=CC=CC=[N+]2)cc1. The van der Waals surface area contributed by atoms with Gasteiger partial charge in [0, 0.05) is 30.0 Å². The van der Waals surface area contributed by atoms with Crippen molar-refractivity contribution in [2.45, 2.75) is 5.75 Å². The highest BCUT2D eigenvalue weighted by atomic mass is 32.2. The van der Waals surface area contributed by atoms with E-state index >= 15 is 0 Å². The summed E-state index contributed by atoms with van der Waals surface area (Å²) in [5, 5.41) is 9.65. The van der Waals surface area contributed by atoms with Gasteiger partial charge in [-0.1, -0.05) is 12.1 Å². The van der Waals surface area contributed by atoms with E-state index in [4.69, 9.17) is 5.21 Å². The minimum absolute atomic E-state index is 0.143. The Hall–Kier alpha value is -1.88. The molecule has 1 aromatic rings. The molecule has 0 saturated carbocycles. The Labute approximate surface area is 103 Å². The molecular formula is C12H11N2O2S+2. The molecule has 0 bridgehead atoms. The van der Waals surface area contributed by atoms with Crippen molar-refractivity contribution >= 4 is 23.7 Å². The van der Waals surface area contributed by atoms with E-state index in [0.717, 1.165) is 16.3 Å². The number of aliphatic imine (C=N–C) groups is 1. The molecule has 0 aromatic heterocycles. The van der Waals surface area contributed by atoms with Gasteiger partial charge in [0.15, 0.2) is 0 Å². The Morgan fingerprint density at radius 3 is 2.59 bits per heavy atom. The maximum absolute atomic E-state index is 10.6. The van der Waals surface area contributed by atoms with E-state index in [0.29, 0.717) is 0 Å². The zero-order valence-electron chi connectivity index (χ0n) is 8.98. The van der Waals surface area contributed by atoms with Gasteiger partial charge in [-0.05, 0) is 23.4 Å². The fourth-order valence-electron chi connectivity index (χ4n) is 1.31. The highest BCUT2D eigenvalue weighted by Crippen LogP contribution is 2.21. The topological polar surface area (TPSA) is 54.4 Å². The van der Waals surface area contributed by atoms with Gasteiger partial charge in [-0.2, -0.15) is 0 Å². The highest BCUT2D eigenvalue weighted by Gasteiger charge is 2.12. The van der Waals surface area contributed by atoms with Crippen LogP contribution in [0.1, 0.15) is 5.56 Å². The van der Waals surface area contributed by atoms with Gasteiger partial charge in [0.05, 0.1) is 9.90 Å². The summed E-state index contributed by atoms with van der Waals surface area (Å²) in [7, 11) is 0. The van der Waals surface area contributed by atoms with Crippen LogP contribution in [0.3, 0.4) is 0 Å². The van der Waals surface area contributed by atoms with Crippen LogP contribution in [0.25, 0.3) is 0 Å². The molecule has 1 aliphatic heterocycles. The molecule has 2 rings (SSSR count). The maximum Gasteiger partial charge on any atom is 0.316 e. The van der Waals surface area contributed by atoms with Crippen LogP contribution in [-0.4, -0.2) is 16.3 Å². The largest absolute Gasteiger partial charge is 0.316 e. The molecular weight excluding hydrogens is 236 g/mol. The molecule has 17 heavy (non-hydrogen) atoms. The number of hydrogen-bond donors (Lipinski definition) is 1. The number of thioether (sulfide) groups is 1. The summed E-state index contributed by atoms with van der Waals surface area (Å²) >= 11 is 1.62. The van der Waals surface area contributed by atoms with E-state index in [9.17, 15) is 4.91 Å². The molecule has 0 fully saturated rings. The van der Waals surface area contributed by atoms with Crippen LogP contribution in [0.5, 0.6) is 0 Å². The van der Waals surface area contributed by atoms with Crippen LogP contribution < -0.4 is 4.99 Å². The summed E-state index contributed by atoms with van der Waals surface area (Å²) in [5.41, 5.74) is 1.31. The van der Waals surface area contributed by atoms with Crippen molar-refractivity contribution in [2.75, 3.05) is 0 Å². The van der Waals surface area contributed by atoms with Crippen LogP contribution in [-0.2, 0) is 5.75 Å². The first-order valence-electron chi connectivity index (χ1n) is 5.04. The molecule has 0 unspecified atom stereocenters. The zero-order chi connectivity index (χ0) is 12.1. The minimum atomic E-state index is -0.143. The first-order chi connectivity index (χ1) is 8.25. The summed E-state index contributed by atoms with van der Waals surface area (Å²) in [6.07, 6.45) is 7.53. The minimum Gasteiger partial charge on any atom is -0.241 e. The third-order valence-electron chi connectivity index (χ3n) is 2.18. The fraction of sp³-hybridized carbons (Fsp3) is 0.0833. The van der Waals surface area contributed by atoms with Crippen molar-refractivity contribution in [1.82, 2.24) is 4.99 Å². The van der Waals surface area contributed by atoms with Gasteiger partial charge in [0.2, 0.25) is 6.21 Å². The van der Waals surface area contributed by atoms with E-state index in [-0.39, 0.29) is 10.6 Å². The summed E-state index contributed by atoms with van der Waals surface area (Å²) in [6.45, 7) is 0. The monoisotopic (exact) mass is 247 g/mol. The maximum atomic E-state index is 10.6. The van der Waals surface area contributed by atoms with Crippen LogP contribution >= 0.6 is 11.8 Å². The molecule has 0 saturated heterocycles. The van der Waals surface area contributed by atoms with E-state index in [1.54, 1.807) is 30.1 Å². The fourth-order valence-corrected chi connectivity index (χ4v) is 2.13. The molecule has 85 valence electrons. The van der Waals surface area contributed by atoms with Crippen molar-refractivity contribution in [3.8, 4) is 0 Å². The Morgan fingerprint density at radius 1 is 1.24 bits per heavy atom. The van der Waals surface area contributed by atoms with E-state index in [2.05, 4.69) is 4.99 Å². The number of allylic oxidation sites excluding steroid dienone is 3. The average Bonchev–Trinajstić information content (AvgIpc) is 2.38. The molecule has 1 aliphatic rings. The normalized spacial score (nSPS) is 13.5. The van der Waals surface area contributed by atoms with E-state index in [1.807, 2.05) is 30.4 Å². The molecule has 5 heteroatoms. The van der Waals surface area contributed by atoms with Gasteiger partial charge in [-0.25, -0.2) is 5.21 Å². The van der Waals surface area contributed by atoms with Crippen molar-refractivity contribution in [3.05, 3.63) is 58.0 Å². The number of benzene rings is 1. The lowest BCUT2D eigenvalue weighted by Gasteiger charge is -1.96. The second kappa shape index (κ2) is 5.45. The third-order valence-corrected chi connectivity index (χ3v) is 3.20. The van der Waals surface area contributed by atoms with E-state index in [1.165, 1.54) is 0 Å². The van der Waals surface area contributed by atoms with Gasteiger partial charge in [-0.15, -0.1) is 0 Å². The van der Waals surface area contributed by atoms with Crippen LogP contribution in [0, 0.1) is 4.91 Å². The van der Waals surface area contributed by atoms with Crippen molar-refractivity contribution in [3.63, 3.8) is 0 Å². The number of rotatable bonds is 4. The Morgan fingerprint density at radius 2 is 2.00 bits per heavy atom. The summed E-state index contributed by atoms with van der Waals surface area (Å²) in [6, 6.07) is 6.79. The molecule has 0 atom stereocenters. The van der Waals surface area contributed by atoms with Gasteiger partial charge in [-0.3, -0.25) is 0 Å². The average molecular weight is 247 g/mol. The summed E-state index contributed by atoms with van der Waals surface area (Å²) in [5.74, 6) is 0.779. The number of nitrogens with zero attached hydrogens (tertiary/aromatic N) is 2. The molecule has 1 heterocycles. The lowest BCUT2D eigenvalue weighted by Crippen LogP contribution is -1.94. The highest BCUT2D eigenvalue weighted by molar-refractivity contribution is 8.02.